The molecule has 0 N–H and O–H groups in total. The molecule has 0 saturated heterocycles. The van der Waals surface area contributed by atoms with E-state index in [1.165, 1.54) is 18.3 Å². The van der Waals surface area contributed by atoms with Crippen molar-refractivity contribution in [2.75, 3.05) is 7.11 Å². The van der Waals surface area contributed by atoms with Crippen LogP contribution in [-0.2, 0) is 9.53 Å². The van der Waals surface area contributed by atoms with Gasteiger partial charge in [0, 0.05) is 6.42 Å². The van der Waals surface area contributed by atoms with Crippen molar-refractivity contribution in [2.45, 2.75) is 59.3 Å². The Balaban J connectivity index is 3.56. The number of rotatable bonds is 8. The first-order valence-electron chi connectivity index (χ1n) is 6.42. The summed E-state index contributed by atoms with van der Waals surface area (Å²) in [7, 11) is 1.44. The highest BCUT2D eigenvalue weighted by molar-refractivity contribution is 5.68. The lowest BCUT2D eigenvalue weighted by Crippen LogP contribution is -1.98. The number of carbonyl (C=O) groups excluding carboxylic acids is 1. The molecule has 0 bridgehead atoms. The van der Waals surface area contributed by atoms with E-state index >= 15 is 0 Å². The van der Waals surface area contributed by atoms with E-state index in [-0.39, 0.29) is 5.97 Å². The molecule has 2 nitrogen and oxygen atoms in total. The van der Waals surface area contributed by atoms with Gasteiger partial charge in [0.15, 0.2) is 0 Å². The van der Waals surface area contributed by atoms with Crippen LogP contribution in [0.25, 0.3) is 0 Å². The molecule has 0 unspecified atom stereocenters. The van der Waals surface area contributed by atoms with E-state index in [0.717, 1.165) is 32.1 Å². The molecule has 0 aliphatic rings. The van der Waals surface area contributed by atoms with E-state index in [2.05, 4.69) is 37.7 Å². The standard InChI is InChI=1S/C15H26O2/c1-13(2)9-8-11-14(3)10-6-5-7-12-15(16)17-4/h9-10H,5-8,11-12H2,1-4H3/b14-10+. The van der Waals surface area contributed by atoms with Gasteiger partial charge in [0.1, 0.15) is 0 Å². The molecule has 0 aromatic heterocycles. The van der Waals surface area contributed by atoms with Gasteiger partial charge < -0.3 is 4.74 Å². The number of ether oxygens (including phenoxy) is 1. The number of hydrogen-bond donors (Lipinski definition) is 0. The Morgan fingerprint density at radius 3 is 2.29 bits per heavy atom. The Morgan fingerprint density at radius 1 is 1.00 bits per heavy atom. The van der Waals surface area contributed by atoms with Gasteiger partial charge in [-0.25, -0.2) is 0 Å². The lowest BCUT2D eigenvalue weighted by Gasteiger charge is -2.00. The van der Waals surface area contributed by atoms with Gasteiger partial charge in [0.25, 0.3) is 0 Å². The van der Waals surface area contributed by atoms with Crippen LogP contribution in [0, 0.1) is 0 Å². The van der Waals surface area contributed by atoms with Crippen LogP contribution >= 0.6 is 0 Å². The summed E-state index contributed by atoms with van der Waals surface area (Å²) in [5, 5.41) is 0. The maximum absolute atomic E-state index is 10.9. The zero-order valence-electron chi connectivity index (χ0n) is 11.7. The van der Waals surface area contributed by atoms with Crippen molar-refractivity contribution in [1.29, 1.82) is 0 Å². The van der Waals surface area contributed by atoms with Crippen LogP contribution in [0.15, 0.2) is 23.3 Å². The zero-order chi connectivity index (χ0) is 13.1. The van der Waals surface area contributed by atoms with Crippen molar-refractivity contribution in [3.05, 3.63) is 23.3 Å². The van der Waals surface area contributed by atoms with Crippen LogP contribution < -0.4 is 0 Å². The van der Waals surface area contributed by atoms with Crippen molar-refractivity contribution in [3.8, 4) is 0 Å². The van der Waals surface area contributed by atoms with Crippen LogP contribution in [0.2, 0.25) is 0 Å². The Labute approximate surface area is 106 Å². The maximum atomic E-state index is 10.9. The van der Waals surface area contributed by atoms with Gasteiger partial charge >= 0.3 is 5.97 Å². The molecule has 0 aromatic carbocycles. The number of carbonyl (C=O) groups is 1. The highest BCUT2D eigenvalue weighted by Crippen LogP contribution is 2.10. The van der Waals surface area contributed by atoms with Crippen LogP contribution in [-0.4, -0.2) is 13.1 Å². The number of methoxy groups -OCH3 is 1. The molecule has 0 aliphatic heterocycles. The minimum Gasteiger partial charge on any atom is -0.469 e. The summed E-state index contributed by atoms with van der Waals surface area (Å²) in [5.74, 6) is -0.103. The Morgan fingerprint density at radius 2 is 1.71 bits per heavy atom. The third kappa shape index (κ3) is 11.2. The molecule has 0 heterocycles. The van der Waals surface area contributed by atoms with Gasteiger partial charge in [-0.1, -0.05) is 23.3 Å². The van der Waals surface area contributed by atoms with Crippen molar-refractivity contribution in [2.24, 2.45) is 0 Å². The predicted molar refractivity (Wildman–Crippen MR) is 72.9 cm³/mol. The molecule has 98 valence electrons. The van der Waals surface area contributed by atoms with E-state index in [9.17, 15) is 4.79 Å². The second kappa shape index (κ2) is 10.1. The van der Waals surface area contributed by atoms with E-state index in [1.54, 1.807) is 0 Å². The number of allylic oxidation sites excluding steroid dienone is 4. The Kier molecular flexibility index (Phi) is 9.50. The average molecular weight is 238 g/mol. The molecular formula is C15H26O2. The summed E-state index contributed by atoms with van der Waals surface area (Å²) < 4.78 is 4.59. The summed E-state index contributed by atoms with van der Waals surface area (Å²) in [6, 6.07) is 0. The average Bonchev–Trinajstić information content (AvgIpc) is 2.27. The topological polar surface area (TPSA) is 26.3 Å². The molecule has 0 radical (unpaired) electrons. The SMILES string of the molecule is COC(=O)CCCC/C=C(\C)CCC=C(C)C. The minimum absolute atomic E-state index is 0.103. The summed E-state index contributed by atoms with van der Waals surface area (Å²) in [4.78, 5) is 10.9. The van der Waals surface area contributed by atoms with E-state index < -0.39 is 0 Å². The fraction of sp³-hybridized carbons (Fsp3) is 0.667. The Hall–Kier alpha value is -1.05. The van der Waals surface area contributed by atoms with Gasteiger partial charge in [-0.15, -0.1) is 0 Å². The quantitative estimate of drug-likeness (QED) is 0.355. The van der Waals surface area contributed by atoms with Crippen molar-refractivity contribution in [3.63, 3.8) is 0 Å². The van der Waals surface area contributed by atoms with Crippen molar-refractivity contribution >= 4 is 5.97 Å². The molecule has 17 heavy (non-hydrogen) atoms. The summed E-state index contributed by atoms with van der Waals surface area (Å²) in [6.07, 6.45) is 10.4. The van der Waals surface area contributed by atoms with Gasteiger partial charge in [-0.2, -0.15) is 0 Å². The van der Waals surface area contributed by atoms with Crippen molar-refractivity contribution in [1.82, 2.24) is 0 Å². The fourth-order valence-corrected chi connectivity index (χ4v) is 1.55. The first-order valence-corrected chi connectivity index (χ1v) is 6.42. The second-order valence-electron chi connectivity index (χ2n) is 4.69. The molecule has 0 spiro atoms. The monoisotopic (exact) mass is 238 g/mol. The van der Waals surface area contributed by atoms with Crippen LogP contribution in [0.1, 0.15) is 59.3 Å². The molecule has 2 heteroatoms. The second-order valence-corrected chi connectivity index (χ2v) is 4.69. The van der Waals surface area contributed by atoms with Crippen molar-refractivity contribution < 1.29 is 9.53 Å². The van der Waals surface area contributed by atoms with Gasteiger partial charge in [0.2, 0.25) is 0 Å². The highest BCUT2D eigenvalue weighted by Gasteiger charge is 1.98. The van der Waals surface area contributed by atoms with Crippen LogP contribution in [0.5, 0.6) is 0 Å². The summed E-state index contributed by atoms with van der Waals surface area (Å²) in [6.45, 7) is 6.44. The molecular weight excluding hydrogens is 212 g/mol. The largest absolute Gasteiger partial charge is 0.469 e. The van der Waals surface area contributed by atoms with E-state index in [1.807, 2.05) is 0 Å². The van der Waals surface area contributed by atoms with E-state index in [4.69, 9.17) is 0 Å². The fourth-order valence-electron chi connectivity index (χ4n) is 1.55. The summed E-state index contributed by atoms with van der Waals surface area (Å²) >= 11 is 0. The molecule has 0 rings (SSSR count). The van der Waals surface area contributed by atoms with E-state index in [0.29, 0.717) is 6.42 Å². The van der Waals surface area contributed by atoms with Gasteiger partial charge in [-0.05, 0) is 52.9 Å². The lowest BCUT2D eigenvalue weighted by atomic mass is 10.1. The van der Waals surface area contributed by atoms with Crippen LogP contribution in [0.4, 0.5) is 0 Å². The summed E-state index contributed by atoms with van der Waals surface area (Å²) in [5.41, 5.74) is 2.83. The minimum atomic E-state index is -0.103. The maximum Gasteiger partial charge on any atom is 0.305 e. The first-order chi connectivity index (χ1) is 8.06. The zero-order valence-corrected chi connectivity index (χ0v) is 11.7. The third-order valence-electron chi connectivity index (χ3n) is 2.65. The molecule has 0 atom stereocenters. The first kappa shape index (κ1) is 16.0. The molecule has 0 saturated carbocycles. The van der Waals surface area contributed by atoms with Crippen LogP contribution in [0.3, 0.4) is 0 Å². The molecule has 0 aliphatic carbocycles. The number of esters is 1. The number of unbranched alkanes of at least 4 members (excludes halogenated alkanes) is 2. The highest BCUT2D eigenvalue weighted by atomic mass is 16.5. The molecule has 0 fully saturated rings. The molecule has 0 aromatic rings. The normalized spacial score (nSPS) is 11.2. The van der Waals surface area contributed by atoms with Gasteiger partial charge in [-0.3, -0.25) is 4.79 Å². The third-order valence-corrected chi connectivity index (χ3v) is 2.65. The lowest BCUT2D eigenvalue weighted by molar-refractivity contribution is -0.140. The molecule has 0 amide bonds. The van der Waals surface area contributed by atoms with Gasteiger partial charge in [0.05, 0.1) is 7.11 Å². The smallest absolute Gasteiger partial charge is 0.305 e. The predicted octanol–water partition coefficient (Wildman–Crippen LogP) is 4.41. The Bertz CT molecular complexity index is 271. The number of hydrogen-bond acceptors (Lipinski definition) is 2.